The molecule has 3 atom stereocenters. The molecule has 2 unspecified atom stereocenters. The van der Waals surface area contributed by atoms with Crippen LogP contribution in [0, 0.1) is 0 Å². The minimum Gasteiger partial charge on any atom is -0.756 e. The Balaban J connectivity index is 4.60. The number of phosphoric ester groups is 1. The van der Waals surface area contributed by atoms with E-state index in [1.54, 1.807) is 6.08 Å². The number of aliphatic hydroxyl groups excluding tert-OH is 1. The van der Waals surface area contributed by atoms with Crippen molar-refractivity contribution in [1.29, 1.82) is 0 Å². The number of allylic oxidation sites excluding steroid dienone is 10. The van der Waals surface area contributed by atoms with E-state index in [1.807, 2.05) is 69.8 Å². The summed E-state index contributed by atoms with van der Waals surface area (Å²) >= 11 is 0. The predicted molar refractivity (Wildman–Crippen MR) is 223 cm³/mol. The second-order valence-corrected chi connectivity index (χ2v) is 16.2. The number of esters is 2. The summed E-state index contributed by atoms with van der Waals surface area (Å²) in [4.78, 5) is 37.4. The number of hydrogen-bond donors (Lipinski definition) is 1. The van der Waals surface area contributed by atoms with Crippen molar-refractivity contribution in [3.8, 4) is 0 Å². The van der Waals surface area contributed by atoms with E-state index in [1.165, 1.54) is 44.9 Å². The smallest absolute Gasteiger partial charge is 0.306 e. The molecule has 0 spiro atoms. The third-order valence-corrected chi connectivity index (χ3v) is 9.30. The SMILES string of the molecule is CC/C=C\C/C=C\CC(O)/C=C/C=C\C/C=C\C/C=C\CCC(=O)O[C@H](COC(=O)CCCCCCCCCCCCC)COP(=O)([O-])OCC[N+](C)(C)C. The van der Waals surface area contributed by atoms with Gasteiger partial charge >= 0.3 is 11.9 Å². The average Bonchev–Trinajstić information content (AvgIpc) is 3.13. The molecule has 0 bridgehead atoms. The van der Waals surface area contributed by atoms with Gasteiger partial charge < -0.3 is 33.0 Å². The van der Waals surface area contributed by atoms with E-state index < -0.39 is 38.6 Å². The van der Waals surface area contributed by atoms with Crippen molar-refractivity contribution in [2.24, 2.45) is 0 Å². The highest BCUT2D eigenvalue weighted by molar-refractivity contribution is 7.45. The van der Waals surface area contributed by atoms with Crippen molar-refractivity contribution in [3.05, 3.63) is 72.9 Å². The number of ether oxygens (including phenoxy) is 2. The van der Waals surface area contributed by atoms with Gasteiger partial charge in [0.2, 0.25) is 0 Å². The van der Waals surface area contributed by atoms with Gasteiger partial charge in [-0.25, -0.2) is 0 Å². The number of rotatable bonds is 36. The summed E-state index contributed by atoms with van der Waals surface area (Å²) in [7, 11) is 1.08. The summed E-state index contributed by atoms with van der Waals surface area (Å²) in [6, 6.07) is 0. The van der Waals surface area contributed by atoms with Gasteiger partial charge in [0.05, 0.1) is 33.9 Å². The molecule has 0 amide bonds. The van der Waals surface area contributed by atoms with Crippen molar-refractivity contribution in [2.75, 3.05) is 47.5 Å². The van der Waals surface area contributed by atoms with Crippen LogP contribution in [-0.2, 0) is 32.7 Å². The zero-order valence-corrected chi connectivity index (χ0v) is 35.8. The first kappa shape index (κ1) is 52.4. The molecule has 0 heterocycles. The molecule has 0 saturated heterocycles. The average molecular weight is 794 g/mol. The van der Waals surface area contributed by atoms with Gasteiger partial charge in [-0.2, -0.15) is 0 Å². The lowest BCUT2D eigenvalue weighted by atomic mass is 10.1. The van der Waals surface area contributed by atoms with Gasteiger partial charge in [-0.15, -0.1) is 0 Å². The van der Waals surface area contributed by atoms with Gasteiger partial charge in [0, 0.05) is 12.8 Å². The molecule has 0 fully saturated rings. The normalized spacial score (nSPS) is 15.0. The maximum absolute atomic E-state index is 12.6. The van der Waals surface area contributed by atoms with Gasteiger partial charge in [0.1, 0.15) is 19.8 Å². The quantitative estimate of drug-likeness (QED) is 0.0165. The third-order valence-electron chi connectivity index (χ3n) is 8.33. The second-order valence-electron chi connectivity index (χ2n) is 14.8. The van der Waals surface area contributed by atoms with Crippen LogP contribution in [-0.4, -0.2) is 81.2 Å². The van der Waals surface area contributed by atoms with E-state index in [-0.39, 0.29) is 26.1 Å². The number of phosphoric acid groups is 1. The fourth-order valence-electron chi connectivity index (χ4n) is 5.06. The Morgan fingerprint density at radius 1 is 0.691 bits per heavy atom. The molecule has 0 rings (SSSR count). The predicted octanol–water partition coefficient (Wildman–Crippen LogP) is 9.80. The number of likely N-dealkylation sites (N-methyl/N-ethyl adjacent to an activating group) is 1. The molecule has 0 aliphatic rings. The van der Waals surface area contributed by atoms with E-state index in [2.05, 4.69) is 32.1 Å². The molecule has 0 saturated carbocycles. The zero-order valence-electron chi connectivity index (χ0n) is 35.0. The van der Waals surface area contributed by atoms with Crippen LogP contribution in [0.4, 0.5) is 0 Å². The molecule has 55 heavy (non-hydrogen) atoms. The van der Waals surface area contributed by atoms with E-state index >= 15 is 0 Å². The van der Waals surface area contributed by atoms with Crippen LogP contribution >= 0.6 is 7.82 Å². The van der Waals surface area contributed by atoms with Crippen LogP contribution in [0.3, 0.4) is 0 Å². The molecule has 0 aromatic heterocycles. The van der Waals surface area contributed by atoms with Crippen molar-refractivity contribution in [2.45, 2.75) is 148 Å². The molecule has 10 nitrogen and oxygen atoms in total. The van der Waals surface area contributed by atoms with Crippen LogP contribution in [0.5, 0.6) is 0 Å². The Bertz CT molecular complexity index is 1190. The van der Waals surface area contributed by atoms with Crippen molar-refractivity contribution >= 4 is 19.8 Å². The highest BCUT2D eigenvalue weighted by atomic mass is 31.2. The molecule has 0 radical (unpaired) electrons. The molecule has 0 aromatic rings. The van der Waals surface area contributed by atoms with Gasteiger partial charge in [0.25, 0.3) is 7.82 Å². The fourth-order valence-corrected chi connectivity index (χ4v) is 5.79. The molecule has 0 aromatic carbocycles. The standard InChI is InChI=1S/C44H76NO9P/c1-6-8-10-12-14-15-16-20-23-27-31-35-43(47)51-39-42(40-53-55(49,50)52-38-37-45(3,4)5)54-44(48)36-32-28-24-21-18-17-19-22-26-30-34-41(46)33-29-25-13-11-9-7-2/h9,11,17-18,22,24-26,28-30,34,41-42,46H,6-8,10,12-16,19-21,23,27,31-33,35-40H2,1-5H3/b11-9-,18-17-,26-22-,28-24-,29-25-,34-30+/t41?,42-/m1/s1. The lowest BCUT2D eigenvalue weighted by molar-refractivity contribution is -0.870. The molecule has 11 heteroatoms. The third kappa shape index (κ3) is 39.4. The molecule has 1 N–H and O–H groups in total. The Labute approximate surface area is 334 Å². The number of carbonyl (C=O) groups excluding carboxylic acids is 2. The summed E-state index contributed by atoms with van der Waals surface area (Å²) in [5, 5.41) is 10.0. The highest BCUT2D eigenvalue weighted by Crippen LogP contribution is 2.38. The lowest BCUT2D eigenvalue weighted by Gasteiger charge is -2.28. The van der Waals surface area contributed by atoms with Crippen LogP contribution in [0.15, 0.2) is 72.9 Å². The zero-order chi connectivity index (χ0) is 40.9. The van der Waals surface area contributed by atoms with Gasteiger partial charge in [-0.3, -0.25) is 14.2 Å². The summed E-state index contributed by atoms with van der Waals surface area (Å²) in [5.41, 5.74) is 0. The Kier molecular flexibility index (Phi) is 34.1. The highest BCUT2D eigenvalue weighted by Gasteiger charge is 2.21. The fraction of sp³-hybridized carbons (Fsp3) is 0.682. The van der Waals surface area contributed by atoms with Crippen LogP contribution in [0.2, 0.25) is 0 Å². The molecule has 0 aliphatic carbocycles. The van der Waals surface area contributed by atoms with E-state index in [4.69, 9.17) is 18.5 Å². The first-order chi connectivity index (χ1) is 26.4. The molecular weight excluding hydrogens is 717 g/mol. The Morgan fingerprint density at radius 2 is 1.27 bits per heavy atom. The first-order valence-corrected chi connectivity index (χ1v) is 22.2. The topological polar surface area (TPSA) is 131 Å². The van der Waals surface area contributed by atoms with E-state index in [0.29, 0.717) is 36.7 Å². The lowest BCUT2D eigenvalue weighted by Crippen LogP contribution is -2.37. The van der Waals surface area contributed by atoms with Crippen molar-refractivity contribution in [1.82, 2.24) is 0 Å². The molecular formula is C44H76NO9P. The summed E-state index contributed by atoms with van der Waals surface area (Å²) < 4.78 is 33.7. The maximum Gasteiger partial charge on any atom is 0.306 e. The van der Waals surface area contributed by atoms with Gasteiger partial charge in [0.15, 0.2) is 6.10 Å². The largest absolute Gasteiger partial charge is 0.756 e. The number of quaternary nitrogens is 1. The Morgan fingerprint density at radius 3 is 1.91 bits per heavy atom. The van der Waals surface area contributed by atoms with Crippen LogP contribution in [0.25, 0.3) is 0 Å². The monoisotopic (exact) mass is 794 g/mol. The van der Waals surface area contributed by atoms with Gasteiger partial charge in [-0.1, -0.05) is 151 Å². The number of unbranched alkanes of at least 4 members (excludes halogenated alkanes) is 10. The second kappa shape index (κ2) is 35.8. The number of carbonyl (C=O) groups is 2. The van der Waals surface area contributed by atoms with Crippen molar-refractivity contribution < 1.29 is 47.2 Å². The minimum absolute atomic E-state index is 0.0562. The number of aliphatic hydroxyl groups is 1. The van der Waals surface area contributed by atoms with E-state index in [0.717, 1.165) is 38.5 Å². The van der Waals surface area contributed by atoms with Crippen molar-refractivity contribution in [3.63, 3.8) is 0 Å². The summed E-state index contributed by atoms with van der Waals surface area (Å²) in [5.74, 6) is -0.969. The van der Waals surface area contributed by atoms with E-state index in [9.17, 15) is 24.2 Å². The molecule has 0 aliphatic heterocycles. The Hall–Kier alpha value is -2.59. The van der Waals surface area contributed by atoms with Crippen LogP contribution < -0.4 is 4.89 Å². The number of hydrogen-bond acceptors (Lipinski definition) is 9. The molecule has 316 valence electrons. The van der Waals surface area contributed by atoms with Gasteiger partial charge in [-0.05, 0) is 44.9 Å². The summed E-state index contributed by atoms with van der Waals surface area (Å²) in [6.07, 6.45) is 39.8. The minimum atomic E-state index is -4.66. The van der Waals surface area contributed by atoms with Crippen LogP contribution in [0.1, 0.15) is 136 Å². The first-order valence-electron chi connectivity index (χ1n) is 20.8. The summed E-state index contributed by atoms with van der Waals surface area (Å²) in [6.45, 7) is 3.91. The maximum atomic E-state index is 12.6. The number of nitrogens with zero attached hydrogens (tertiary/aromatic N) is 1.